The molecule has 1 rings (SSSR count). The second-order valence-corrected chi connectivity index (χ2v) is 3.35. The van der Waals surface area contributed by atoms with Gasteiger partial charge in [-0.2, -0.15) is 13.5 Å². The molecule has 0 saturated heterocycles. The highest BCUT2D eigenvalue weighted by Gasteiger charge is 1.81. The van der Waals surface area contributed by atoms with E-state index in [0.717, 1.165) is 0 Å². The van der Waals surface area contributed by atoms with E-state index in [1.165, 1.54) is 0 Å². The monoisotopic (exact) mass is 190 g/mol. The average Bonchev–Trinajstić information content (AvgIpc) is 2.10. The van der Waals surface area contributed by atoms with Gasteiger partial charge in [0, 0.05) is 12.4 Å². The number of hydrogen-bond acceptors (Lipinski definition) is 4. The third-order valence-electron chi connectivity index (χ3n) is 0.628. The summed E-state index contributed by atoms with van der Waals surface area (Å²) in [6.45, 7) is 0. The Labute approximate surface area is 71.2 Å². The van der Waals surface area contributed by atoms with Gasteiger partial charge in [0.2, 0.25) is 0 Å². The third kappa shape index (κ3) is 15.9. The predicted molar refractivity (Wildman–Crippen MR) is 47.4 cm³/mol. The molecule has 0 radical (unpaired) electrons. The molecule has 1 aliphatic heterocycles. The molecule has 0 fully saturated rings. The maximum absolute atomic E-state index is 9.19. The fourth-order valence-electron chi connectivity index (χ4n) is 0.342. The molecule has 0 unspecified atom stereocenters. The van der Waals surface area contributed by atoms with E-state index >= 15 is 0 Å². The summed E-state index contributed by atoms with van der Waals surface area (Å²) in [6, 6.07) is 0. The largest absolute Gasteiger partial charge is 0.286 e. The Bertz CT molecular complexity index is 268. The van der Waals surface area contributed by atoms with Crippen LogP contribution in [-0.4, -0.2) is 25.4 Å². The molecule has 68 valence electrons. The minimum absolute atomic E-state index is 0.715. The molecule has 0 amide bonds. The summed E-state index contributed by atoms with van der Waals surface area (Å²) in [7, 11) is -3.67. The van der Waals surface area contributed by atoms with Crippen LogP contribution in [0, 0.1) is 0 Å². The van der Waals surface area contributed by atoms with E-state index in [9.17, 15) is 8.42 Å². The summed E-state index contributed by atoms with van der Waals surface area (Å²) in [4.78, 5) is 0. The van der Waals surface area contributed by atoms with Gasteiger partial charge in [0.25, 0.3) is 10.1 Å². The first-order valence-electron chi connectivity index (χ1n) is 3.03. The zero-order valence-electron chi connectivity index (χ0n) is 6.51. The number of nitrogens with one attached hydrogen (secondary N) is 1. The van der Waals surface area contributed by atoms with Crippen LogP contribution in [0.2, 0.25) is 0 Å². The van der Waals surface area contributed by atoms with Crippen LogP contribution < -0.4 is 5.43 Å². The number of nitrogens with zero attached hydrogens (tertiary/aromatic N) is 1. The normalized spacial score (nSPS) is 14.2. The fraction of sp³-hybridized carbons (Fsp3) is 0.167. The highest BCUT2D eigenvalue weighted by molar-refractivity contribution is 7.85. The van der Waals surface area contributed by atoms with Crippen LogP contribution in [0.5, 0.6) is 0 Å². The van der Waals surface area contributed by atoms with Gasteiger partial charge in [-0.05, 0) is 12.2 Å². The van der Waals surface area contributed by atoms with Gasteiger partial charge in [-0.1, -0.05) is 6.08 Å². The summed E-state index contributed by atoms with van der Waals surface area (Å²) in [6.07, 6.45) is 9.82. The zero-order valence-corrected chi connectivity index (χ0v) is 7.32. The first kappa shape index (κ1) is 10.9. The third-order valence-corrected chi connectivity index (χ3v) is 0.628. The highest BCUT2D eigenvalue weighted by Crippen LogP contribution is 1.76. The van der Waals surface area contributed by atoms with Crippen LogP contribution in [0.4, 0.5) is 0 Å². The molecule has 0 aromatic carbocycles. The zero-order chi connectivity index (χ0) is 9.45. The number of hydrazone groups is 1. The second-order valence-electron chi connectivity index (χ2n) is 1.88. The predicted octanol–water partition coefficient (Wildman–Crippen LogP) is 0.149. The van der Waals surface area contributed by atoms with Crippen LogP contribution in [0.1, 0.15) is 0 Å². The van der Waals surface area contributed by atoms with Crippen molar-refractivity contribution in [3.8, 4) is 0 Å². The van der Waals surface area contributed by atoms with Crippen LogP contribution in [-0.2, 0) is 10.1 Å². The van der Waals surface area contributed by atoms with Gasteiger partial charge < -0.3 is 0 Å². The lowest BCUT2D eigenvalue weighted by molar-refractivity contribution is 0.490. The van der Waals surface area contributed by atoms with E-state index < -0.39 is 10.1 Å². The minimum atomic E-state index is -3.67. The van der Waals surface area contributed by atoms with Crippen molar-refractivity contribution in [2.45, 2.75) is 0 Å². The number of allylic oxidation sites excluding steroid dienone is 3. The average molecular weight is 190 g/mol. The van der Waals surface area contributed by atoms with Gasteiger partial charge in [0.15, 0.2) is 0 Å². The lowest BCUT2D eigenvalue weighted by Gasteiger charge is -1.78. The highest BCUT2D eigenvalue weighted by atomic mass is 32.2. The van der Waals surface area contributed by atoms with Crippen molar-refractivity contribution in [2.24, 2.45) is 5.10 Å². The van der Waals surface area contributed by atoms with E-state index in [1.807, 2.05) is 18.2 Å². The van der Waals surface area contributed by atoms with Crippen LogP contribution in [0.3, 0.4) is 0 Å². The maximum atomic E-state index is 9.19. The van der Waals surface area contributed by atoms with Crippen molar-refractivity contribution in [1.29, 1.82) is 0 Å². The van der Waals surface area contributed by atoms with Crippen molar-refractivity contribution in [3.05, 3.63) is 24.4 Å². The Morgan fingerprint density at radius 2 is 1.92 bits per heavy atom. The summed E-state index contributed by atoms with van der Waals surface area (Å²) in [5.41, 5.74) is 2.67. The first-order valence-corrected chi connectivity index (χ1v) is 4.88. The molecule has 1 aliphatic rings. The quantitative estimate of drug-likeness (QED) is 0.533. The molecular weight excluding hydrogens is 180 g/mol. The van der Waals surface area contributed by atoms with Crippen LogP contribution in [0.25, 0.3) is 0 Å². The molecule has 0 spiro atoms. The van der Waals surface area contributed by atoms with Gasteiger partial charge in [0.1, 0.15) is 0 Å². The second kappa shape index (κ2) is 5.50. The van der Waals surface area contributed by atoms with Gasteiger partial charge in [-0.15, -0.1) is 0 Å². The van der Waals surface area contributed by atoms with E-state index in [0.29, 0.717) is 6.26 Å². The summed E-state index contributed by atoms with van der Waals surface area (Å²) in [5, 5.41) is 3.72. The minimum Gasteiger partial charge on any atom is -0.286 e. The molecule has 2 N–H and O–H groups in total. The summed E-state index contributed by atoms with van der Waals surface area (Å²) < 4.78 is 25.9. The SMILES string of the molecule is C1=CC=NNC=C1.CS(=O)(=O)O. The Morgan fingerprint density at radius 1 is 1.33 bits per heavy atom. The summed E-state index contributed by atoms with van der Waals surface area (Å²) in [5.74, 6) is 0. The van der Waals surface area contributed by atoms with Gasteiger partial charge >= 0.3 is 0 Å². The van der Waals surface area contributed by atoms with Crippen LogP contribution >= 0.6 is 0 Å². The molecule has 0 aromatic rings. The van der Waals surface area contributed by atoms with Crippen molar-refractivity contribution in [2.75, 3.05) is 6.26 Å². The number of rotatable bonds is 0. The van der Waals surface area contributed by atoms with Gasteiger partial charge in [0.05, 0.1) is 6.26 Å². The lowest BCUT2D eigenvalue weighted by atomic mass is 10.5. The van der Waals surface area contributed by atoms with Crippen molar-refractivity contribution in [3.63, 3.8) is 0 Å². The lowest BCUT2D eigenvalue weighted by Crippen LogP contribution is -1.89. The van der Waals surface area contributed by atoms with E-state index in [4.69, 9.17) is 4.55 Å². The van der Waals surface area contributed by atoms with E-state index in [-0.39, 0.29) is 0 Å². The molecule has 0 aromatic heterocycles. The topological polar surface area (TPSA) is 78.8 Å². The Morgan fingerprint density at radius 3 is 2.50 bits per heavy atom. The van der Waals surface area contributed by atoms with E-state index in [1.54, 1.807) is 12.4 Å². The fourth-order valence-corrected chi connectivity index (χ4v) is 0.342. The Balaban J connectivity index is 0.000000217. The standard InChI is InChI=1S/C5H6N2.CH4O3S/c1-2-4-6-7-5-3-1;1-5(2,3)4/h1-6H;1H3,(H,2,3,4). The molecule has 0 atom stereocenters. The van der Waals surface area contributed by atoms with Gasteiger partial charge in [-0.25, -0.2) is 0 Å². The molecule has 0 saturated carbocycles. The maximum Gasteiger partial charge on any atom is 0.261 e. The Kier molecular flexibility index (Phi) is 4.98. The molecule has 0 aliphatic carbocycles. The molecule has 5 nitrogen and oxygen atoms in total. The number of hydrogen-bond donors (Lipinski definition) is 2. The van der Waals surface area contributed by atoms with E-state index in [2.05, 4.69) is 10.5 Å². The first-order chi connectivity index (χ1) is 5.50. The van der Waals surface area contributed by atoms with Crippen molar-refractivity contribution >= 4 is 16.3 Å². The smallest absolute Gasteiger partial charge is 0.261 e. The van der Waals surface area contributed by atoms with Crippen molar-refractivity contribution < 1.29 is 13.0 Å². The Hall–Kier alpha value is -1.14. The molecule has 6 heteroatoms. The molecule has 0 bridgehead atoms. The molecule has 1 heterocycles. The van der Waals surface area contributed by atoms with Gasteiger partial charge in [-0.3, -0.25) is 9.98 Å². The van der Waals surface area contributed by atoms with Crippen molar-refractivity contribution in [1.82, 2.24) is 5.43 Å². The van der Waals surface area contributed by atoms with Crippen LogP contribution in [0.15, 0.2) is 29.5 Å². The molecular formula is C6H10N2O3S. The summed E-state index contributed by atoms with van der Waals surface area (Å²) >= 11 is 0. The molecule has 12 heavy (non-hydrogen) atoms.